The number of aromatic nitrogens is 1. The van der Waals surface area contributed by atoms with E-state index in [1.54, 1.807) is 6.07 Å². The molecule has 1 aromatic heterocycles. The molecule has 6 nitrogen and oxygen atoms in total. The van der Waals surface area contributed by atoms with Gasteiger partial charge >= 0.3 is 0 Å². The zero-order valence-corrected chi connectivity index (χ0v) is 16.6. The highest BCUT2D eigenvalue weighted by Gasteiger charge is 2.22. The molecule has 2 heterocycles. The van der Waals surface area contributed by atoms with Crippen LogP contribution in [0.1, 0.15) is 45.2 Å². The van der Waals surface area contributed by atoms with E-state index < -0.39 is 0 Å². The molecule has 1 aliphatic rings. The number of rotatable bonds is 9. The summed E-state index contributed by atoms with van der Waals surface area (Å²) in [7, 11) is 0. The van der Waals surface area contributed by atoms with Gasteiger partial charge in [0.25, 0.3) is 5.56 Å². The fourth-order valence-corrected chi connectivity index (χ4v) is 3.57. The molecule has 0 aromatic carbocycles. The Morgan fingerprint density at radius 3 is 2.85 bits per heavy atom. The van der Waals surface area contributed by atoms with Crippen molar-refractivity contribution in [1.29, 1.82) is 0 Å². The molecular weight excluding hydrogens is 326 g/mol. The normalized spacial score (nSPS) is 18.3. The Morgan fingerprint density at radius 1 is 1.27 bits per heavy atom. The van der Waals surface area contributed by atoms with Gasteiger partial charge in [-0.25, -0.2) is 0 Å². The molecule has 1 aromatic rings. The number of nitrogens with zero attached hydrogens (tertiary/aromatic N) is 3. The van der Waals surface area contributed by atoms with Crippen LogP contribution >= 0.6 is 0 Å². The van der Waals surface area contributed by atoms with Crippen molar-refractivity contribution in [2.75, 3.05) is 32.7 Å². The minimum Gasteiger partial charge on any atom is -0.357 e. The van der Waals surface area contributed by atoms with E-state index in [0.717, 1.165) is 57.2 Å². The second kappa shape index (κ2) is 11.0. The summed E-state index contributed by atoms with van der Waals surface area (Å²) in [5, 5.41) is 6.76. The SMILES string of the molecule is CCNC(=NCC1CCCN1CC)NCCCCn1c(C)cccc1=O. The molecule has 1 aliphatic heterocycles. The lowest BCUT2D eigenvalue weighted by molar-refractivity contribution is 0.273. The Balaban J connectivity index is 1.74. The predicted molar refractivity (Wildman–Crippen MR) is 109 cm³/mol. The number of hydrogen-bond acceptors (Lipinski definition) is 3. The zero-order chi connectivity index (χ0) is 18.8. The molecule has 146 valence electrons. The summed E-state index contributed by atoms with van der Waals surface area (Å²) >= 11 is 0. The molecule has 0 saturated carbocycles. The summed E-state index contributed by atoms with van der Waals surface area (Å²) in [6.45, 7) is 12.0. The van der Waals surface area contributed by atoms with Gasteiger partial charge in [0, 0.05) is 37.4 Å². The number of aryl methyl sites for hydroxylation is 1. The van der Waals surface area contributed by atoms with Gasteiger partial charge in [0.2, 0.25) is 0 Å². The minimum atomic E-state index is 0.0879. The molecule has 0 amide bonds. The van der Waals surface area contributed by atoms with Gasteiger partial charge in [-0.05, 0) is 58.7 Å². The van der Waals surface area contributed by atoms with Crippen molar-refractivity contribution in [1.82, 2.24) is 20.1 Å². The summed E-state index contributed by atoms with van der Waals surface area (Å²) in [5.41, 5.74) is 1.11. The first-order chi connectivity index (χ1) is 12.7. The Morgan fingerprint density at radius 2 is 2.12 bits per heavy atom. The molecule has 0 spiro atoms. The van der Waals surface area contributed by atoms with Crippen LogP contribution in [0.3, 0.4) is 0 Å². The molecule has 1 atom stereocenters. The van der Waals surface area contributed by atoms with Crippen molar-refractivity contribution in [3.8, 4) is 0 Å². The van der Waals surface area contributed by atoms with Crippen molar-refractivity contribution in [2.24, 2.45) is 4.99 Å². The molecule has 26 heavy (non-hydrogen) atoms. The van der Waals surface area contributed by atoms with Crippen LogP contribution in [0.5, 0.6) is 0 Å². The van der Waals surface area contributed by atoms with Crippen LogP contribution in [0.25, 0.3) is 0 Å². The van der Waals surface area contributed by atoms with Crippen molar-refractivity contribution in [2.45, 2.75) is 59.0 Å². The van der Waals surface area contributed by atoms with Crippen LogP contribution in [0.4, 0.5) is 0 Å². The van der Waals surface area contributed by atoms with Gasteiger partial charge in [-0.1, -0.05) is 13.0 Å². The van der Waals surface area contributed by atoms with Gasteiger partial charge in [-0.2, -0.15) is 0 Å². The average molecular weight is 362 g/mol. The van der Waals surface area contributed by atoms with E-state index in [0.29, 0.717) is 6.04 Å². The first-order valence-electron chi connectivity index (χ1n) is 10.1. The standard InChI is InChI=1S/C20H35N5O/c1-4-21-20(23-16-18-11-9-14-24(18)5-2)22-13-6-7-15-25-17(3)10-8-12-19(25)26/h8,10,12,18H,4-7,9,11,13-16H2,1-3H3,(H2,21,22,23). The lowest BCUT2D eigenvalue weighted by atomic mass is 10.2. The van der Waals surface area contributed by atoms with Crippen LogP contribution < -0.4 is 16.2 Å². The monoisotopic (exact) mass is 361 g/mol. The molecule has 1 fully saturated rings. The largest absolute Gasteiger partial charge is 0.357 e. The number of guanidine groups is 1. The maximum Gasteiger partial charge on any atom is 0.250 e. The number of aliphatic imine (C=N–C) groups is 1. The highest BCUT2D eigenvalue weighted by molar-refractivity contribution is 5.79. The summed E-state index contributed by atoms with van der Waals surface area (Å²) in [6, 6.07) is 6.02. The summed E-state index contributed by atoms with van der Waals surface area (Å²) < 4.78 is 1.85. The average Bonchev–Trinajstić information content (AvgIpc) is 3.09. The maximum atomic E-state index is 11.9. The van der Waals surface area contributed by atoms with E-state index in [1.165, 1.54) is 19.4 Å². The van der Waals surface area contributed by atoms with Crippen molar-refractivity contribution < 1.29 is 0 Å². The first-order valence-corrected chi connectivity index (χ1v) is 10.1. The topological polar surface area (TPSA) is 61.7 Å². The third-order valence-corrected chi connectivity index (χ3v) is 5.08. The van der Waals surface area contributed by atoms with Crippen LogP contribution in [0.2, 0.25) is 0 Å². The van der Waals surface area contributed by atoms with Crippen molar-refractivity contribution in [3.63, 3.8) is 0 Å². The van der Waals surface area contributed by atoms with Gasteiger partial charge in [0.1, 0.15) is 0 Å². The Kier molecular flexibility index (Phi) is 8.68. The lowest BCUT2D eigenvalue weighted by Crippen LogP contribution is -2.39. The van der Waals surface area contributed by atoms with Crippen molar-refractivity contribution >= 4 is 5.96 Å². The molecule has 6 heteroatoms. The summed E-state index contributed by atoms with van der Waals surface area (Å²) in [4.78, 5) is 19.2. The number of hydrogen-bond donors (Lipinski definition) is 2. The number of nitrogens with one attached hydrogen (secondary N) is 2. The van der Waals surface area contributed by atoms with E-state index >= 15 is 0 Å². The zero-order valence-electron chi connectivity index (χ0n) is 16.6. The Bertz CT molecular complexity index is 625. The second-order valence-electron chi connectivity index (χ2n) is 6.94. The van der Waals surface area contributed by atoms with Crippen molar-refractivity contribution in [3.05, 3.63) is 34.2 Å². The molecule has 0 radical (unpaired) electrons. The van der Waals surface area contributed by atoms with Crippen LogP contribution in [0.15, 0.2) is 28.0 Å². The maximum absolute atomic E-state index is 11.9. The van der Waals surface area contributed by atoms with E-state index in [-0.39, 0.29) is 5.56 Å². The predicted octanol–water partition coefficient (Wildman–Crippen LogP) is 1.98. The highest BCUT2D eigenvalue weighted by Crippen LogP contribution is 2.16. The Labute approximate surface area is 157 Å². The van der Waals surface area contributed by atoms with Crippen LogP contribution in [0, 0.1) is 6.92 Å². The fourth-order valence-electron chi connectivity index (χ4n) is 3.57. The van der Waals surface area contributed by atoms with Gasteiger partial charge in [-0.3, -0.25) is 14.7 Å². The number of unbranched alkanes of at least 4 members (excludes halogenated alkanes) is 1. The summed E-state index contributed by atoms with van der Waals surface area (Å²) in [5.74, 6) is 0.906. The molecule has 0 bridgehead atoms. The van der Waals surface area contributed by atoms with E-state index in [4.69, 9.17) is 4.99 Å². The molecule has 2 rings (SSSR count). The van der Waals surface area contributed by atoms with E-state index in [9.17, 15) is 4.79 Å². The smallest absolute Gasteiger partial charge is 0.250 e. The molecule has 2 N–H and O–H groups in total. The van der Waals surface area contributed by atoms with Gasteiger partial charge in [0.15, 0.2) is 5.96 Å². The Hall–Kier alpha value is -1.82. The third-order valence-electron chi connectivity index (χ3n) is 5.08. The number of pyridine rings is 1. The molecular formula is C20H35N5O. The van der Waals surface area contributed by atoms with Gasteiger partial charge < -0.3 is 15.2 Å². The first kappa shape index (κ1) is 20.5. The second-order valence-corrected chi connectivity index (χ2v) is 6.94. The lowest BCUT2D eigenvalue weighted by Gasteiger charge is -2.21. The van der Waals surface area contributed by atoms with Gasteiger partial charge in [-0.15, -0.1) is 0 Å². The number of likely N-dealkylation sites (tertiary alicyclic amines) is 1. The highest BCUT2D eigenvalue weighted by atomic mass is 16.1. The molecule has 0 aliphatic carbocycles. The summed E-state index contributed by atoms with van der Waals surface area (Å²) in [6.07, 6.45) is 4.53. The van der Waals surface area contributed by atoms with Crippen LogP contribution in [-0.4, -0.2) is 54.2 Å². The van der Waals surface area contributed by atoms with Gasteiger partial charge in [0.05, 0.1) is 6.54 Å². The van der Waals surface area contributed by atoms with E-state index in [1.807, 2.05) is 23.6 Å². The molecule has 1 unspecified atom stereocenters. The van der Waals surface area contributed by atoms with Crippen LogP contribution in [-0.2, 0) is 6.54 Å². The fraction of sp³-hybridized carbons (Fsp3) is 0.700. The number of likely N-dealkylation sites (N-methyl/N-ethyl adjacent to an activating group) is 1. The minimum absolute atomic E-state index is 0.0879. The molecule has 1 saturated heterocycles. The quantitative estimate of drug-likeness (QED) is 0.401. The third kappa shape index (κ3) is 6.16. The van der Waals surface area contributed by atoms with E-state index in [2.05, 4.69) is 29.4 Å².